The van der Waals surface area contributed by atoms with Crippen molar-refractivity contribution in [2.24, 2.45) is 0 Å². The molecule has 0 bridgehead atoms. The first-order valence-electron chi connectivity index (χ1n) is 6.87. The SMILES string of the molecule is CCCNC(c1ccc(C)cc1)C(C)(C)N(C)C. The van der Waals surface area contributed by atoms with Gasteiger partial charge in [-0.25, -0.2) is 0 Å². The van der Waals surface area contributed by atoms with Crippen LogP contribution in [0, 0.1) is 6.92 Å². The van der Waals surface area contributed by atoms with E-state index in [2.05, 4.69) is 76.3 Å². The van der Waals surface area contributed by atoms with E-state index in [1.165, 1.54) is 11.1 Å². The molecular formula is C16H28N2. The van der Waals surface area contributed by atoms with E-state index in [0.717, 1.165) is 13.0 Å². The molecule has 0 aromatic heterocycles. The highest BCUT2D eigenvalue weighted by atomic mass is 15.2. The van der Waals surface area contributed by atoms with E-state index < -0.39 is 0 Å². The molecule has 2 nitrogen and oxygen atoms in total. The summed E-state index contributed by atoms with van der Waals surface area (Å²) in [5.74, 6) is 0. The van der Waals surface area contributed by atoms with E-state index in [1.54, 1.807) is 0 Å². The van der Waals surface area contributed by atoms with Gasteiger partial charge in [0.05, 0.1) is 6.04 Å². The van der Waals surface area contributed by atoms with Gasteiger partial charge in [0.25, 0.3) is 0 Å². The molecule has 1 rings (SSSR count). The van der Waals surface area contributed by atoms with Crippen LogP contribution in [0.25, 0.3) is 0 Å². The summed E-state index contributed by atoms with van der Waals surface area (Å²) in [6, 6.07) is 9.23. The zero-order valence-electron chi connectivity index (χ0n) is 12.7. The van der Waals surface area contributed by atoms with Crippen LogP contribution >= 0.6 is 0 Å². The van der Waals surface area contributed by atoms with Gasteiger partial charge in [0, 0.05) is 5.54 Å². The number of hydrogen-bond acceptors (Lipinski definition) is 2. The van der Waals surface area contributed by atoms with Gasteiger partial charge in [-0.3, -0.25) is 0 Å². The molecule has 0 radical (unpaired) electrons. The van der Waals surface area contributed by atoms with Crippen molar-refractivity contribution in [3.8, 4) is 0 Å². The van der Waals surface area contributed by atoms with Crippen LogP contribution in [0.4, 0.5) is 0 Å². The molecule has 0 aliphatic heterocycles. The Morgan fingerprint density at radius 3 is 2.17 bits per heavy atom. The van der Waals surface area contributed by atoms with Crippen LogP contribution in [-0.4, -0.2) is 31.1 Å². The molecule has 1 aromatic rings. The highest BCUT2D eigenvalue weighted by molar-refractivity contribution is 5.26. The second-order valence-electron chi connectivity index (χ2n) is 5.85. The Bertz CT molecular complexity index is 352. The van der Waals surface area contributed by atoms with Crippen LogP contribution in [0.2, 0.25) is 0 Å². The molecule has 1 aromatic carbocycles. The summed E-state index contributed by atoms with van der Waals surface area (Å²) in [6.45, 7) is 9.98. The predicted octanol–water partition coefficient (Wildman–Crippen LogP) is 3.38. The number of likely N-dealkylation sites (N-methyl/N-ethyl adjacent to an activating group) is 1. The topological polar surface area (TPSA) is 15.3 Å². The van der Waals surface area contributed by atoms with E-state index in [-0.39, 0.29) is 5.54 Å². The minimum Gasteiger partial charge on any atom is -0.308 e. The van der Waals surface area contributed by atoms with Crippen LogP contribution in [0.3, 0.4) is 0 Å². The second kappa shape index (κ2) is 6.35. The Balaban J connectivity index is 3.01. The van der Waals surface area contributed by atoms with E-state index in [0.29, 0.717) is 6.04 Å². The summed E-state index contributed by atoms with van der Waals surface area (Å²) in [6.07, 6.45) is 1.16. The lowest BCUT2D eigenvalue weighted by Crippen LogP contribution is -2.49. The quantitative estimate of drug-likeness (QED) is 0.830. The minimum absolute atomic E-state index is 0.0877. The molecule has 0 spiro atoms. The Labute approximate surface area is 112 Å². The highest BCUT2D eigenvalue weighted by Gasteiger charge is 2.32. The largest absolute Gasteiger partial charge is 0.308 e. The molecule has 0 fully saturated rings. The van der Waals surface area contributed by atoms with Crippen LogP contribution in [-0.2, 0) is 0 Å². The normalized spacial score (nSPS) is 13.9. The van der Waals surface area contributed by atoms with E-state index in [4.69, 9.17) is 0 Å². The lowest BCUT2D eigenvalue weighted by atomic mass is 9.87. The Morgan fingerprint density at radius 1 is 1.17 bits per heavy atom. The molecule has 0 saturated carbocycles. The number of rotatable bonds is 6. The third-order valence-electron chi connectivity index (χ3n) is 3.87. The number of nitrogens with one attached hydrogen (secondary N) is 1. The number of benzene rings is 1. The molecule has 1 unspecified atom stereocenters. The van der Waals surface area contributed by atoms with Gasteiger partial charge in [-0.05, 0) is 53.4 Å². The fraction of sp³-hybridized carbons (Fsp3) is 0.625. The molecule has 0 saturated heterocycles. The van der Waals surface area contributed by atoms with E-state index >= 15 is 0 Å². The van der Waals surface area contributed by atoms with Crippen molar-refractivity contribution >= 4 is 0 Å². The molecule has 0 heterocycles. The second-order valence-corrected chi connectivity index (χ2v) is 5.85. The maximum atomic E-state index is 3.69. The van der Waals surface area contributed by atoms with Gasteiger partial charge in [-0.1, -0.05) is 36.8 Å². The van der Waals surface area contributed by atoms with Gasteiger partial charge < -0.3 is 10.2 Å². The molecule has 18 heavy (non-hydrogen) atoms. The Kier molecular flexibility index (Phi) is 5.36. The van der Waals surface area contributed by atoms with Crippen molar-refractivity contribution < 1.29 is 0 Å². The molecule has 0 aliphatic carbocycles. The summed E-state index contributed by atoms with van der Waals surface area (Å²) in [4.78, 5) is 2.29. The van der Waals surface area contributed by atoms with Gasteiger partial charge in [0.1, 0.15) is 0 Å². The first-order chi connectivity index (χ1) is 8.39. The highest BCUT2D eigenvalue weighted by Crippen LogP contribution is 2.29. The summed E-state index contributed by atoms with van der Waals surface area (Å²) in [5.41, 5.74) is 2.77. The zero-order chi connectivity index (χ0) is 13.8. The number of nitrogens with zero attached hydrogens (tertiary/aromatic N) is 1. The molecule has 1 atom stereocenters. The third kappa shape index (κ3) is 3.56. The molecule has 102 valence electrons. The van der Waals surface area contributed by atoms with Crippen LogP contribution in [0.5, 0.6) is 0 Å². The Hall–Kier alpha value is -0.860. The number of aryl methyl sites for hydroxylation is 1. The van der Waals surface area contributed by atoms with Crippen molar-refractivity contribution in [1.29, 1.82) is 0 Å². The number of hydrogen-bond donors (Lipinski definition) is 1. The first kappa shape index (κ1) is 15.2. The van der Waals surface area contributed by atoms with Crippen molar-refractivity contribution in [2.75, 3.05) is 20.6 Å². The van der Waals surface area contributed by atoms with Gasteiger partial charge in [-0.15, -0.1) is 0 Å². The Morgan fingerprint density at radius 2 is 1.72 bits per heavy atom. The van der Waals surface area contributed by atoms with Crippen LogP contribution in [0.15, 0.2) is 24.3 Å². The summed E-state index contributed by atoms with van der Waals surface area (Å²) in [5, 5.41) is 3.69. The molecule has 2 heteroatoms. The fourth-order valence-corrected chi connectivity index (χ4v) is 2.08. The molecule has 0 aliphatic rings. The van der Waals surface area contributed by atoms with Crippen LogP contribution < -0.4 is 5.32 Å². The fourth-order valence-electron chi connectivity index (χ4n) is 2.08. The summed E-state index contributed by atoms with van der Waals surface area (Å²) < 4.78 is 0. The summed E-state index contributed by atoms with van der Waals surface area (Å²) >= 11 is 0. The molecular weight excluding hydrogens is 220 g/mol. The van der Waals surface area contributed by atoms with Crippen molar-refractivity contribution in [2.45, 2.75) is 45.7 Å². The maximum Gasteiger partial charge on any atom is 0.0501 e. The standard InChI is InChI=1S/C16H28N2/c1-7-12-17-15(16(3,4)18(5)6)14-10-8-13(2)9-11-14/h8-11,15,17H,7,12H2,1-6H3. The lowest BCUT2D eigenvalue weighted by molar-refractivity contribution is 0.138. The van der Waals surface area contributed by atoms with Crippen molar-refractivity contribution in [3.05, 3.63) is 35.4 Å². The van der Waals surface area contributed by atoms with E-state index in [1.807, 2.05) is 0 Å². The van der Waals surface area contributed by atoms with Gasteiger partial charge in [0.15, 0.2) is 0 Å². The monoisotopic (exact) mass is 248 g/mol. The van der Waals surface area contributed by atoms with Crippen LogP contribution in [0.1, 0.15) is 44.4 Å². The third-order valence-corrected chi connectivity index (χ3v) is 3.87. The van der Waals surface area contributed by atoms with Gasteiger partial charge >= 0.3 is 0 Å². The lowest BCUT2D eigenvalue weighted by Gasteiger charge is -2.41. The van der Waals surface area contributed by atoms with Gasteiger partial charge in [0.2, 0.25) is 0 Å². The van der Waals surface area contributed by atoms with Crippen molar-refractivity contribution in [1.82, 2.24) is 10.2 Å². The minimum atomic E-state index is 0.0877. The zero-order valence-corrected chi connectivity index (χ0v) is 12.7. The predicted molar refractivity (Wildman–Crippen MR) is 80.0 cm³/mol. The molecule has 1 N–H and O–H groups in total. The molecule has 0 amide bonds. The van der Waals surface area contributed by atoms with E-state index in [9.17, 15) is 0 Å². The smallest absolute Gasteiger partial charge is 0.0501 e. The summed E-state index contributed by atoms with van der Waals surface area (Å²) in [7, 11) is 4.30. The average Bonchev–Trinajstić information content (AvgIpc) is 2.31. The average molecular weight is 248 g/mol. The van der Waals surface area contributed by atoms with Crippen molar-refractivity contribution in [3.63, 3.8) is 0 Å². The first-order valence-corrected chi connectivity index (χ1v) is 6.87. The van der Waals surface area contributed by atoms with Gasteiger partial charge in [-0.2, -0.15) is 0 Å². The maximum absolute atomic E-state index is 3.69.